The van der Waals surface area contributed by atoms with E-state index in [0.717, 1.165) is 33.6 Å². The zero-order valence-corrected chi connectivity index (χ0v) is 26.6. The highest BCUT2D eigenvalue weighted by atomic mass is 16.5. The lowest BCUT2D eigenvalue weighted by molar-refractivity contribution is -0.127. The fraction of sp³-hybridized carbons (Fsp3) is 0.444. The van der Waals surface area contributed by atoms with Crippen molar-refractivity contribution < 1.29 is 15.7 Å². The van der Waals surface area contributed by atoms with Crippen molar-refractivity contribution in [2.75, 3.05) is 5.01 Å². The van der Waals surface area contributed by atoms with Crippen molar-refractivity contribution in [2.45, 2.75) is 86.2 Å². The first-order chi connectivity index (χ1) is 19.8. The van der Waals surface area contributed by atoms with Gasteiger partial charge in [-0.3, -0.25) is 15.0 Å². The Kier molecular flexibility index (Phi) is 11.2. The normalized spacial score (nSPS) is 17.1. The van der Waals surface area contributed by atoms with Crippen LogP contribution in [0.3, 0.4) is 0 Å². The van der Waals surface area contributed by atoms with E-state index in [9.17, 15) is 9.59 Å². The van der Waals surface area contributed by atoms with Gasteiger partial charge < -0.3 is 4.65 Å². The summed E-state index contributed by atoms with van der Waals surface area (Å²) in [4.78, 5) is 26.1. The van der Waals surface area contributed by atoms with Gasteiger partial charge in [-0.1, -0.05) is 121 Å². The van der Waals surface area contributed by atoms with Crippen molar-refractivity contribution in [1.29, 1.82) is 0 Å². The Morgan fingerprint density at radius 3 is 2.24 bits per heavy atom. The Hall–Kier alpha value is -3.38. The second-order valence-electron chi connectivity index (χ2n) is 12.9. The molecule has 0 bridgehead atoms. The molecule has 1 aliphatic heterocycles. The number of nitrogens with zero attached hydrogens (tertiary/aromatic N) is 1. The zero-order valence-electron chi connectivity index (χ0n) is 26.6. The molecule has 2 aromatic rings. The third-order valence-electron chi connectivity index (χ3n) is 8.52. The van der Waals surface area contributed by atoms with E-state index in [2.05, 4.69) is 60.1 Å². The lowest BCUT2D eigenvalue weighted by Gasteiger charge is -2.39. The third kappa shape index (κ3) is 8.35. The number of anilines is 1. The molecule has 4 rings (SSSR count). The van der Waals surface area contributed by atoms with Gasteiger partial charge in [0.1, 0.15) is 5.92 Å². The summed E-state index contributed by atoms with van der Waals surface area (Å²) in [6.45, 7) is 22.5. The highest BCUT2D eigenvalue weighted by Gasteiger charge is 2.40. The van der Waals surface area contributed by atoms with Gasteiger partial charge in [0.2, 0.25) is 0 Å². The van der Waals surface area contributed by atoms with Gasteiger partial charge in [0.05, 0.1) is 11.3 Å². The summed E-state index contributed by atoms with van der Waals surface area (Å²) < 4.78 is 6.04. The minimum atomic E-state index is -0.815. The van der Waals surface area contributed by atoms with E-state index in [4.69, 9.17) is 4.65 Å². The summed E-state index contributed by atoms with van der Waals surface area (Å²) in [7, 11) is 1.73. The molecule has 1 unspecified atom stereocenters. The predicted octanol–water partition coefficient (Wildman–Crippen LogP) is 7.60. The summed E-state index contributed by atoms with van der Waals surface area (Å²) in [6, 6.07) is 11.3. The van der Waals surface area contributed by atoms with Crippen LogP contribution in [0.15, 0.2) is 61.7 Å². The molecular weight excluding hydrogens is 519 g/mol. The van der Waals surface area contributed by atoms with E-state index in [0.29, 0.717) is 12.1 Å². The average Bonchev–Trinajstić information content (AvgIpc) is 3.72. The van der Waals surface area contributed by atoms with E-state index in [-0.39, 0.29) is 24.3 Å². The topological polar surface area (TPSA) is 58.6 Å². The second-order valence-corrected chi connectivity index (χ2v) is 12.9. The number of carbonyl (C=O) groups is 2. The number of aryl methyl sites for hydroxylation is 1. The van der Waals surface area contributed by atoms with Crippen LogP contribution in [-0.2, 0) is 20.7 Å². The molecule has 1 saturated carbocycles. The van der Waals surface area contributed by atoms with Gasteiger partial charge >= 0.3 is 7.48 Å². The van der Waals surface area contributed by atoms with Gasteiger partial charge in [-0.05, 0) is 72.9 Å². The van der Waals surface area contributed by atoms with Crippen LogP contribution in [0, 0.1) is 24.2 Å². The molecule has 2 fully saturated rings. The first-order valence-corrected chi connectivity index (χ1v) is 15.1. The molecule has 1 aliphatic carbocycles. The number of carbonyl (C=O) groups excluding carboxylic acids is 2. The molecule has 42 heavy (non-hydrogen) atoms. The number of allylic oxidation sites excluding steroid dienone is 2. The van der Waals surface area contributed by atoms with Crippen molar-refractivity contribution in [3.8, 4) is 0 Å². The Balaban J connectivity index is 0.000000820. The highest BCUT2D eigenvalue weighted by Crippen LogP contribution is 2.33. The van der Waals surface area contributed by atoms with Crippen LogP contribution in [0.1, 0.15) is 90.9 Å². The first kappa shape index (κ1) is 33.1. The van der Waals surface area contributed by atoms with Gasteiger partial charge in [-0.15, -0.1) is 0 Å². The van der Waals surface area contributed by atoms with Gasteiger partial charge in [-0.25, -0.2) is 5.01 Å². The van der Waals surface area contributed by atoms with Crippen LogP contribution in [-0.4, -0.2) is 24.9 Å². The summed E-state index contributed by atoms with van der Waals surface area (Å²) in [5.74, 6) is -0.259. The van der Waals surface area contributed by atoms with Gasteiger partial charge in [0.15, 0.2) is 0 Å². The number of benzene rings is 2. The minimum absolute atomic E-state index is 0. The molecule has 1 atom stereocenters. The SMILES string of the molecule is C=C/C=C\c1c(C)ccc(CC2C(=O)NN(c3ccc([B]OC(C)(C)C(C)(C)C)cc3)C2=O)c1C=C.CCCC1CC1.[HH]. The lowest BCUT2D eigenvalue weighted by atomic mass is 9.76. The Bertz CT molecular complexity index is 1310. The number of hydrogen-bond donors (Lipinski definition) is 1. The Morgan fingerprint density at radius 1 is 1.05 bits per heavy atom. The average molecular weight is 570 g/mol. The molecule has 1 radical (unpaired) electrons. The molecule has 6 heteroatoms. The van der Waals surface area contributed by atoms with E-state index in [1.165, 1.54) is 30.7 Å². The maximum absolute atomic E-state index is 13.3. The quantitative estimate of drug-likeness (QED) is 0.172. The molecule has 0 spiro atoms. The summed E-state index contributed by atoms with van der Waals surface area (Å²) in [5, 5.41) is 1.33. The maximum atomic E-state index is 13.3. The summed E-state index contributed by atoms with van der Waals surface area (Å²) in [6.07, 6.45) is 13.5. The van der Waals surface area contributed by atoms with E-state index in [1.807, 2.05) is 43.3 Å². The number of amides is 2. The largest absolute Gasteiger partial charge is 0.429 e. The maximum Gasteiger partial charge on any atom is 0.330 e. The van der Waals surface area contributed by atoms with Gasteiger partial charge in [0, 0.05) is 1.43 Å². The summed E-state index contributed by atoms with van der Waals surface area (Å²) in [5.41, 5.74) is 7.75. The number of nitrogens with one attached hydrogen (secondary N) is 1. The highest BCUT2D eigenvalue weighted by molar-refractivity contribution is 6.47. The molecule has 5 nitrogen and oxygen atoms in total. The number of hydrazine groups is 1. The van der Waals surface area contributed by atoms with Crippen molar-refractivity contribution in [2.24, 2.45) is 17.3 Å². The monoisotopic (exact) mass is 569 g/mol. The number of rotatable bonds is 11. The Morgan fingerprint density at radius 2 is 1.71 bits per heavy atom. The number of hydrogen-bond acceptors (Lipinski definition) is 3. The summed E-state index contributed by atoms with van der Waals surface area (Å²) >= 11 is 0. The van der Waals surface area contributed by atoms with Crippen LogP contribution < -0.4 is 15.9 Å². The fourth-order valence-electron chi connectivity index (χ4n) is 4.61. The van der Waals surface area contributed by atoms with Crippen LogP contribution in [0.4, 0.5) is 5.69 Å². The molecule has 2 aromatic carbocycles. The third-order valence-corrected chi connectivity index (χ3v) is 8.52. The van der Waals surface area contributed by atoms with Crippen LogP contribution in [0.5, 0.6) is 0 Å². The first-order valence-electron chi connectivity index (χ1n) is 15.1. The smallest absolute Gasteiger partial charge is 0.330 e. The molecule has 1 N–H and O–H groups in total. The van der Waals surface area contributed by atoms with Crippen molar-refractivity contribution in [1.82, 2.24) is 5.43 Å². The lowest BCUT2D eigenvalue weighted by Crippen LogP contribution is -2.42. The zero-order chi connectivity index (χ0) is 31.1. The van der Waals surface area contributed by atoms with Crippen LogP contribution in [0.25, 0.3) is 12.2 Å². The second kappa shape index (κ2) is 14.2. The van der Waals surface area contributed by atoms with Crippen LogP contribution in [0.2, 0.25) is 0 Å². The van der Waals surface area contributed by atoms with Crippen molar-refractivity contribution in [3.05, 3.63) is 84.0 Å². The van der Waals surface area contributed by atoms with Crippen molar-refractivity contribution >= 4 is 42.6 Å². The molecule has 225 valence electrons. The molecule has 2 aliphatic rings. The van der Waals surface area contributed by atoms with E-state index in [1.54, 1.807) is 31.8 Å². The molecular formula is C36H50BN2O3. The molecule has 2 amide bonds. The minimum Gasteiger partial charge on any atom is -0.429 e. The van der Waals surface area contributed by atoms with E-state index >= 15 is 0 Å². The molecule has 1 heterocycles. The standard InChI is InChI=1S/C30H36BN2O3.C6H12.H2/c1-9-11-12-25-20(3)13-14-21(24(25)10-2)19-26-27(34)32-33(28(26)35)23-17-15-22(16-18-23)31-36-30(7,8)29(4,5)6;1-2-3-6-4-5-6;/h9-18,26H,1-2,19H2,3-8H3,(H,32,34);6H,2-5H2,1H3;1H/b12-11-;;. The molecule has 1 saturated heterocycles. The van der Waals surface area contributed by atoms with Gasteiger partial charge in [-0.2, -0.15) is 0 Å². The van der Waals surface area contributed by atoms with Crippen LogP contribution >= 0.6 is 0 Å². The molecule has 0 aromatic heterocycles. The van der Waals surface area contributed by atoms with E-state index < -0.39 is 5.92 Å². The van der Waals surface area contributed by atoms with Gasteiger partial charge in [0.25, 0.3) is 11.8 Å². The predicted molar refractivity (Wildman–Crippen MR) is 180 cm³/mol. The van der Waals surface area contributed by atoms with Crippen molar-refractivity contribution in [3.63, 3.8) is 0 Å². The Labute approximate surface area is 255 Å². The fourth-order valence-corrected chi connectivity index (χ4v) is 4.61.